The Balaban J connectivity index is 2.15. The van der Waals surface area contributed by atoms with Crippen molar-refractivity contribution in [1.82, 2.24) is 14.5 Å². The van der Waals surface area contributed by atoms with E-state index in [2.05, 4.69) is 5.32 Å². The van der Waals surface area contributed by atoms with Crippen LogP contribution in [0.25, 0.3) is 0 Å². The van der Waals surface area contributed by atoms with E-state index in [9.17, 15) is 18.0 Å². The average Bonchev–Trinajstić information content (AvgIpc) is 2.85. The first-order valence-corrected chi connectivity index (χ1v) is 13.7. The Labute approximate surface area is 210 Å². The van der Waals surface area contributed by atoms with Crippen molar-refractivity contribution in [3.63, 3.8) is 0 Å². The fourth-order valence-electron chi connectivity index (χ4n) is 3.82. The molecule has 2 aromatic carbocycles. The highest BCUT2D eigenvalue weighted by molar-refractivity contribution is 7.89. The minimum atomic E-state index is -3.62. The molecule has 2 amide bonds. The second-order valence-corrected chi connectivity index (χ2v) is 11.0. The summed E-state index contributed by atoms with van der Waals surface area (Å²) in [5.41, 5.74) is 2.04. The van der Waals surface area contributed by atoms with Crippen molar-refractivity contribution in [2.45, 2.75) is 76.9 Å². The van der Waals surface area contributed by atoms with Gasteiger partial charge in [-0.1, -0.05) is 56.3 Å². The maximum Gasteiger partial charge on any atom is 0.243 e. The molecule has 2 rings (SSSR count). The molecule has 0 aromatic heterocycles. The fourth-order valence-corrected chi connectivity index (χ4v) is 5.05. The van der Waals surface area contributed by atoms with Gasteiger partial charge in [0.25, 0.3) is 0 Å². The molecular formula is C27H39N3O4S. The van der Waals surface area contributed by atoms with Crippen molar-refractivity contribution in [2.75, 3.05) is 13.6 Å². The van der Waals surface area contributed by atoms with Crippen molar-refractivity contribution in [3.8, 4) is 0 Å². The maximum absolute atomic E-state index is 13.4. The van der Waals surface area contributed by atoms with E-state index in [-0.39, 0.29) is 35.7 Å². The van der Waals surface area contributed by atoms with Gasteiger partial charge in [0.1, 0.15) is 6.04 Å². The molecule has 8 heteroatoms. The van der Waals surface area contributed by atoms with Crippen molar-refractivity contribution in [1.29, 1.82) is 0 Å². The molecule has 192 valence electrons. The lowest BCUT2D eigenvalue weighted by Gasteiger charge is -2.32. The fraction of sp³-hybridized carbons (Fsp3) is 0.481. The zero-order chi connectivity index (χ0) is 26.0. The molecule has 0 aliphatic carbocycles. The lowest BCUT2D eigenvalue weighted by atomic mass is 10.0. The molecule has 0 radical (unpaired) electrons. The smallest absolute Gasteiger partial charge is 0.243 e. The second kappa shape index (κ2) is 13.4. The van der Waals surface area contributed by atoms with Gasteiger partial charge in [0, 0.05) is 32.6 Å². The Bertz CT molecular complexity index is 1070. The topological polar surface area (TPSA) is 86.8 Å². The van der Waals surface area contributed by atoms with Gasteiger partial charge in [0.05, 0.1) is 4.90 Å². The number of hydrogen-bond acceptors (Lipinski definition) is 4. The first-order valence-electron chi connectivity index (χ1n) is 12.3. The molecule has 0 fully saturated rings. The Morgan fingerprint density at radius 2 is 1.60 bits per heavy atom. The molecule has 0 aliphatic rings. The Morgan fingerprint density at radius 1 is 0.971 bits per heavy atom. The predicted molar refractivity (Wildman–Crippen MR) is 139 cm³/mol. The summed E-state index contributed by atoms with van der Waals surface area (Å²) >= 11 is 0. The third-order valence-corrected chi connectivity index (χ3v) is 8.18. The monoisotopic (exact) mass is 501 g/mol. The average molecular weight is 502 g/mol. The molecule has 2 atom stereocenters. The molecule has 0 saturated heterocycles. The summed E-state index contributed by atoms with van der Waals surface area (Å²) in [6.45, 7) is 8.37. The number of sulfonamides is 1. The lowest BCUT2D eigenvalue weighted by Crippen LogP contribution is -2.50. The molecule has 0 heterocycles. The highest BCUT2D eigenvalue weighted by Gasteiger charge is 2.29. The lowest BCUT2D eigenvalue weighted by molar-refractivity contribution is -0.141. The Morgan fingerprint density at radius 3 is 2.20 bits per heavy atom. The molecule has 7 nitrogen and oxygen atoms in total. The van der Waals surface area contributed by atoms with Gasteiger partial charge in [-0.15, -0.1) is 0 Å². The van der Waals surface area contributed by atoms with Crippen LogP contribution in [0.15, 0.2) is 59.5 Å². The van der Waals surface area contributed by atoms with Crippen molar-refractivity contribution in [2.24, 2.45) is 0 Å². The molecule has 0 saturated carbocycles. The minimum Gasteiger partial charge on any atom is -0.352 e. The molecule has 0 spiro atoms. The number of amides is 2. The van der Waals surface area contributed by atoms with Gasteiger partial charge in [-0.2, -0.15) is 0 Å². The van der Waals surface area contributed by atoms with E-state index in [1.54, 1.807) is 35.2 Å². The van der Waals surface area contributed by atoms with Gasteiger partial charge >= 0.3 is 0 Å². The first kappa shape index (κ1) is 28.5. The number of rotatable bonds is 13. The van der Waals surface area contributed by atoms with Gasteiger partial charge in [0.2, 0.25) is 21.8 Å². The molecule has 1 N–H and O–H groups in total. The number of nitrogens with zero attached hydrogens (tertiary/aromatic N) is 2. The minimum absolute atomic E-state index is 0.0174. The largest absolute Gasteiger partial charge is 0.352 e. The summed E-state index contributed by atoms with van der Waals surface area (Å²) in [6.07, 6.45) is 1.79. The Kier molecular flexibility index (Phi) is 10.9. The van der Waals surface area contributed by atoms with E-state index in [1.807, 2.05) is 52.0 Å². The summed E-state index contributed by atoms with van der Waals surface area (Å²) in [5.74, 6) is -0.322. The van der Waals surface area contributed by atoms with E-state index in [0.29, 0.717) is 19.4 Å². The summed E-state index contributed by atoms with van der Waals surface area (Å²) < 4.78 is 26.8. The van der Waals surface area contributed by atoms with Crippen LogP contribution in [-0.2, 0) is 26.2 Å². The number of hydrogen-bond donors (Lipinski definition) is 1. The van der Waals surface area contributed by atoms with Crippen molar-refractivity contribution >= 4 is 21.8 Å². The van der Waals surface area contributed by atoms with Gasteiger partial charge in [0.15, 0.2) is 0 Å². The maximum atomic E-state index is 13.4. The number of aryl methyl sites for hydroxylation is 1. The van der Waals surface area contributed by atoms with E-state index in [4.69, 9.17) is 0 Å². The third-order valence-electron chi connectivity index (χ3n) is 6.30. The quantitative estimate of drug-likeness (QED) is 0.447. The molecule has 35 heavy (non-hydrogen) atoms. The number of benzene rings is 2. The zero-order valence-electron chi connectivity index (χ0n) is 21.5. The molecular weight excluding hydrogens is 462 g/mol. The highest BCUT2D eigenvalue weighted by atomic mass is 32.2. The predicted octanol–water partition coefficient (Wildman–Crippen LogP) is 4.12. The third kappa shape index (κ3) is 7.90. The van der Waals surface area contributed by atoms with Crippen LogP contribution in [0.3, 0.4) is 0 Å². The van der Waals surface area contributed by atoms with Gasteiger partial charge in [-0.3, -0.25) is 9.59 Å². The van der Waals surface area contributed by atoms with Crippen molar-refractivity contribution in [3.05, 3.63) is 65.7 Å². The number of carbonyl (C=O) groups is 2. The van der Waals surface area contributed by atoms with Crippen LogP contribution >= 0.6 is 0 Å². The first-order chi connectivity index (χ1) is 16.6. The van der Waals surface area contributed by atoms with Gasteiger partial charge < -0.3 is 10.2 Å². The van der Waals surface area contributed by atoms with Crippen LogP contribution in [0.1, 0.15) is 57.6 Å². The SMILES string of the molecule is CCC(C)NC(=O)C(CC)N(Cc1ccccc1C)C(=O)CCCN(C)S(=O)(=O)c1ccccc1. The van der Waals surface area contributed by atoms with Gasteiger partial charge in [-0.05, 0) is 56.4 Å². The van der Waals surface area contributed by atoms with Crippen LogP contribution in [0.4, 0.5) is 0 Å². The molecule has 0 aliphatic heterocycles. The van der Waals surface area contributed by atoms with E-state index < -0.39 is 16.1 Å². The standard InChI is InChI=1S/C27H39N3O4S/c1-6-22(4)28-27(32)25(7-2)30(20-23-15-12-11-14-21(23)3)26(31)18-13-19-29(5)35(33,34)24-16-9-8-10-17-24/h8-12,14-17,22,25H,6-7,13,18-20H2,1-5H3,(H,28,32). The second-order valence-electron chi connectivity index (χ2n) is 8.93. The van der Waals surface area contributed by atoms with Gasteiger partial charge in [-0.25, -0.2) is 12.7 Å². The summed E-state index contributed by atoms with van der Waals surface area (Å²) in [5, 5.41) is 3.01. The normalized spacial score (nSPS) is 13.3. The zero-order valence-corrected chi connectivity index (χ0v) is 22.3. The molecule has 2 unspecified atom stereocenters. The molecule has 2 aromatic rings. The highest BCUT2D eigenvalue weighted by Crippen LogP contribution is 2.18. The van der Waals surface area contributed by atoms with E-state index >= 15 is 0 Å². The van der Waals surface area contributed by atoms with Crippen LogP contribution in [-0.4, -0.2) is 55.1 Å². The molecule has 0 bridgehead atoms. The summed E-state index contributed by atoms with van der Waals surface area (Å²) in [4.78, 5) is 28.3. The summed E-state index contributed by atoms with van der Waals surface area (Å²) in [6, 6.07) is 15.5. The van der Waals surface area contributed by atoms with Crippen LogP contribution in [0, 0.1) is 6.92 Å². The number of carbonyl (C=O) groups excluding carboxylic acids is 2. The van der Waals surface area contributed by atoms with Crippen molar-refractivity contribution < 1.29 is 18.0 Å². The summed E-state index contributed by atoms with van der Waals surface area (Å²) in [7, 11) is -2.10. The van der Waals surface area contributed by atoms with Crippen LogP contribution in [0.2, 0.25) is 0 Å². The van der Waals surface area contributed by atoms with E-state index in [0.717, 1.165) is 17.5 Å². The van der Waals surface area contributed by atoms with Crippen LogP contribution < -0.4 is 5.32 Å². The van der Waals surface area contributed by atoms with Crippen LogP contribution in [0.5, 0.6) is 0 Å². The number of nitrogens with one attached hydrogen (secondary N) is 1. The Hall–Kier alpha value is -2.71. The van der Waals surface area contributed by atoms with E-state index in [1.165, 1.54) is 11.4 Å².